The molecule has 116 valence electrons. The SMILES string of the molecule is CCN1CCN(C(=O)C(C)(C)C(=O)NCC(C)C)CC1. The molecule has 1 rings (SSSR count). The quantitative estimate of drug-likeness (QED) is 0.764. The molecule has 1 aliphatic rings. The largest absolute Gasteiger partial charge is 0.355 e. The number of amides is 2. The Labute approximate surface area is 122 Å². The van der Waals surface area contributed by atoms with Gasteiger partial charge in [-0.3, -0.25) is 9.59 Å². The van der Waals surface area contributed by atoms with Crippen LogP contribution in [-0.2, 0) is 9.59 Å². The maximum absolute atomic E-state index is 12.5. The van der Waals surface area contributed by atoms with Crippen molar-refractivity contribution < 1.29 is 9.59 Å². The number of carbonyl (C=O) groups is 2. The lowest BCUT2D eigenvalue weighted by Gasteiger charge is -2.37. The van der Waals surface area contributed by atoms with Crippen LogP contribution >= 0.6 is 0 Å². The van der Waals surface area contributed by atoms with Crippen LogP contribution in [0.25, 0.3) is 0 Å². The van der Waals surface area contributed by atoms with Crippen molar-refractivity contribution in [2.45, 2.75) is 34.6 Å². The first kappa shape index (κ1) is 17.0. The van der Waals surface area contributed by atoms with Crippen LogP contribution < -0.4 is 5.32 Å². The smallest absolute Gasteiger partial charge is 0.237 e. The molecule has 0 aromatic carbocycles. The van der Waals surface area contributed by atoms with Gasteiger partial charge < -0.3 is 15.1 Å². The Bertz CT molecular complexity index is 345. The highest BCUT2D eigenvalue weighted by molar-refractivity contribution is 6.04. The highest BCUT2D eigenvalue weighted by atomic mass is 16.2. The van der Waals surface area contributed by atoms with E-state index < -0.39 is 5.41 Å². The molecule has 0 saturated carbocycles. The van der Waals surface area contributed by atoms with Crippen molar-refractivity contribution in [2.75, 3.05) is 39.3 Å². The summed E-state index contributed by atoms with van der Waals surface area (Å²) >= 11 is 0. The average Bonchev–Trinajstić information content (AvgIpc) is 2.43. The minimum atomic E-state index is -0.983. The van der Waals surface area contributed by atoms with E-state index in [1.54, 1.807) is 13.8 Å². The molecule has 0 unspecified atom stereocenters. The molecule has 0 aromatic heterocycles. The lowest BCUT2D eigenvalue weighted by molar-refractivity contribution is -0.149. The summed E-state index contributed by atoms with van der Waals surface area (Å²) in [5.41, 5.74) is -0.983. The van der Waals surface area contributed by atoms with Gasteiger partial charge in [-0.15, -0.1) is 0 Å². The zero-order valence-corrected chi connectivity index (χ0v) is 13.5. The van der Waals surface area contributed by atoms with E-state index in [0.717, 1.165) is 19.6 Å². The molecule has 5 nitrogen and oxygen atoms in total. The van der Waals surface area contributed by atoms with Crippen LogP contribution in [0.15, 0.2) is 0 Å². The fourth-order valence-electron chi connectivity index (χ4n) is 2.28. The first-order valence-corrected chi connectivity index (χ1v) is 7.59. The van der Waals surface area contributed by atoms with E-state index >= 15 is 0 Å². The Morgan fingerprint density at radius 1 is 1.15 bits per heavy atom. The standard InChI is InChI=1S/C15H29N3O2/c1-6-17-7-9-18(10-8-17)14(20)15(4,5)13(19)16-11-12(2)3/h12H,6-11H2,1-5H3,(H,16,19). The molecule has 1 heterocycles. The van der Waals surface area contributed by atoms with Gasteiger partial charge in [-0.05, 0) is 26.3 Å². The van der Waals surface area contributed by atoms with E-state index in [4.69, 9.17) is 0 Å². The number of rotatable bonds is 5. The van der Waals surface area contributed by atoms with Gasteiger partial charge in [0.15, 0.2) is 0 Å². The van der Waals surface area contributed by atoms with E-state index in [2.05, 4.69) is 17.1 Å². The normalized spacial score (nSPS) is 17.4. The Balaban J connectivity index is 2.58. The van der Waals surface area contributed by atoms with Crippen molar-refractivity contribution in [1.82, 2.24) is 15.1 Å². The molecule has 20 heavy (non-hydrogen) atoms. The Kier molecular flexibility index (Phi) is 5.99. The van der Waals surface area contributed by atoms with Crippen LogP contribution in [0.3, 0.4) is 0 Å². The monoisotopic (exact) mass is 283 g/mol. The van der Waals surface area contributed by atoms with Crippen molar-refractivity contribution in [2.24, 2.45) is 11.3 Å². The van der Waals surface area contributed by atoms with E-state index in [1.807, 2.05) is 18.7 Å². The number of piperazine rings is 1. The lowest BCUT2D eigenvalue weighted by atomic mass is 9.89. The summed E-state index contributed by atoms with van der Waals surface area (Å²) in [5.74, 6) is 0.154. The number of hydrogen-bond donors (Lipinski definition) is 1. The van der Waals surface area contributed by atoms with Gasteiger partial charge in [0, 0.05) is 32.7 Å². The van der Waals surface area contributed by atoms with E-state index in [-0.39, 0.29) is 11.8 Å². The summed E-state index contributed by atoms with van der Waals surface area (Å²) in [7, 11) is 0. The Morgan fingerprint density at radius 2 is 1.70 bits per heavy atom. The molecule has 0 aliphatic carbocycles. The second-order valence-corrected chi connectivity index (χ2v) is 6.46. The summed E-state index contributed by atoms with van der Waals surface area (Å²) in [6.45, 7) is 14.5. The second kappa shape index (κ2) is 7.07. The fourth-order valence-corrected chi connectivity index (χ4v) is 2.28. The van der Waals surface area contributed by atoms with Gasteiger partial charge in [0.25, 0.3) is 0 Å². The molecule has 0 aromatic rings. The van der Waals surface area contributed by atoms with Crippen molar-refractivity contribution in [3.63, 3.8) is 0 Å². The number of likely N-dealkylation sites (N-methyl/N-ethyl adjacent to an activating group) is 1. The van der Waals surface area contributed by atoms with Gasteiger partial charge in [-0.25, -0.2) is 0 Å². The van der Waals surface area contributed by atoms with Gasteiger partial charge in [0.1, 0.15) is 5.41 Å². The molecule has 1 saturated heterocycles. The number of hydrogen-bond acceptors (Lipinski definition) is 3. The first-order chi connectivity index (χ1) is 9.28. The predicted octanol–water partition coefficient (Wildman–Crippen LogP) is 0.949. The highest BCUT2D eigenvalue weighted by Gasteiger charge is 2.39. The summed E-state index contributed by atoms with van der Waals surface area (Å²) in [5, 5.41) is 2.87. The van der Waals surface area contributed by atoms with Crippen LogP contribution in [0.1, 0.15) is 34.6 Å². The van der Waals surface area contributed by atoms with E-state index in [9.17, 15) is 9.59 Å². The third-order valence-electron chi connectivity index (χ3n) is 3.88. The maximum Gasteiger partial charge on any atom is 0.237 e. The van der Waals surface area contributed by atoms with Gasteiger partial charge in [-0.2, -0.15) is 0 Å². The van der Waals surface area contributed by atoms with Crippen LogP contribution in [0, 0.1) is 11.3 Å². The molecule has 5 heteroatoms. The minimum absolute atomic E-state index is 0.0606. The Morgan fingerprint density at radius 3 is 2.15 bits per heavy atom. The van der Waals surface area contributed by atoms with Gasteiger partial charge >= 0.3 is 0 Å². The van der Waals surface area contributed by atoms with Crippen molar-refractivity contribution >= 4 is 11.8 Å². The minimum Gasteiger partial charge on any atom is -0.355 e. The predicted molar refractivity (Wildman–Crippen MR) is 80.3 cm³/mol. The van der Waals surface area contributed by atoms with Gasteiger partial charge in [0.05, 0.1) is 0 Å². The third kappa shape index (κ3) is 4.20. The average molecular weight is 283 g/mol. The summed E-state index contributed by atoms with van der Waals surface area (Å²) in [6, 6.07) is 0. The van der Waals surface area contributed by atoms with E-state index in [0.29, 0.717) is 25.6 Å². The fraction of sp³-hybridized carbons (Fsp3) is 0.867. The van der Waals surface area contributed by atoms with Gasteiger partial charge in [0.2, 0.25) is 11.8 Å². The first-order valence-electron chi connectivity index (χ1n) is 7.59. The molecule has 0 atom stereocenters. The molecule has 1 aliphatic heterocycles. The molecular weight excluding hydrogens is 254 g/mol. The van der Waals surface area contributed by atoms with Crippen molar-refractivity contribution in [3.05, 3.63) is 0 Å². The van der Waals surface area contributed by atoms with Crippen LogP contribution in [0.2, 0.25) is 0 Å². The van der Waals surface area contributed by atoms with Crippen LogP contribution in [0.4, 0.5) is 0 Å². The van der Waals surface area contributed by atoms with E-state index in [1.165, 1.54) is 0 Å². The Hall–Kier alpha value is -1.10. The van der Waals surface area contributed by atoms with Crippen LogP contribution in [0.5, 0.6) is 0 Å². The number of nitrogens with one attached hydrogen (secondary N) is 1. The maximum atomic E-state index is 12.5. The molecule has 1 N–H and O–H groups in total. The molecular formula is C15H29N3O2. The summed E-state index contributed by atoms with van der Waals surface area (Å²) in [6.07, 6.45) is 0. The number of nitrogens with zero attached hydrogens (tertiary/aromatic N) is 2. The highest BCUT2D eigenvalue weighted by Crippen LogP contribution is 2.20. The molecule has 1 fully saturated rings. The number of carbonyl (C=O) groups excluding carboxylic acids is 2. The van der Waals surface area contributed by atoms with Crippen LogP contribution in [-0.4, -0.2) is 60.9 Å². The summed E-state index contributed by atoms with van der Waals surface area (Å²) < 4.78 is 0. The van der Waals surface area contributed by atoms with Gasteiger partial charge in [-0.1, -0.05) is 20.8 Å². The zero-order chi connectivity index (χ0) is 15.3. The zero-order valence-electron chi connectivity index (χ0n) is 13.5. The van der Waals surface area contributed by atoms with Crippen molar-refractivity contribution in [3.8, 4) is 0 Å². The molecule has 0 spiro atoms. The third-order valence-corrected chi connectivity index (χ3v) is 3.88. The molecule has 2 amide bonds. The molecule has 0 radical (unpaired) electrons. The van der Waals surface area contributed by atoms with Crippen molar-refractivity contribution in [1.29, 1.82) is 0 Å². The molecule has 0 bridgehead atoms. The summed E-state index contributed by atoms with van der Waals surface area (Å²) in [4.78, 5) is 28.9. The topological polar surface area (TPSA) is 52.7 Å². The lowest BCUT2D eigenvalue weighted by Crippen LogP contribution is -2.55. The second-order valence-electron chi connectivity index (χ2n) is 6.46.